The molecule has 1 aromatic rings. The maximum absolute atomic E-state index is 13.0. The van der Waals surface area contributed by atoms with Gasteiger partial charge >= 0.3 is 6.18 Å². The van der Waals surface area contributed by atoms with E-state index >= 15 is 0 Å². The summed E-state index contributed by atoms with van der Waals surface area (Å²) in [5, 5.41) is 2.91. The van der Waals surface area contributed by atoms with Crippen molar-refractivity contribution in [3.63, 3.8) is 0 Å². The molecule has 1 aliphatic heterocycles. The van der Waals surface area contributed by atoms with Gasteiger partial charge in [0.25, 0.3) is 0 Å². The third-order valence-corrected chi connectivity index (χ3v) is 4.12. The summed E-state index contributed by atoms with van der Waals surface area (Å²) in [4.78, 5) is 4.51. The molecule has 0 radical (unpaired) electrons. The summed E-state index contributed by atoms with van der Waals surface area (Å²) in [6, 6.07) is 4.20. The summed E-state index contributed by atoms with van der Waals surface area (Å²) in [5.41, 5.74) is -0.491. The van der Waals surface area contributed by atoms with Gasteiger partial charge in [-0.1, -0.05) is 15.9 Å². The second-order valence-corrected chi connectivity index (χ2v) is 6.18. The Kier molecular flexibility index (Phi) is 5.51. The molecule has 0 amide bonds. The number of piperazine rings is 1. The molecule has 21 heavy (non-hydrogen) atoms. The Morgan fingerprint density at radius 2 is 1.86 bits per heavy atom. The lowest BCUT2D eigenvalue weighted by molar-refractivity contribution is -0.137. The Morgan fingerprint density at radius 1 is 1.19 bits per heavy atom. The summed E-state index contributed by atoms with van der Waals surface area (Å²) in [6.45, 7) is 5.20. The van der Waals surface area contributed by atoms with Gasteiger partial charge in [0.05, 0.1) is 5.56 Å². The number of hydrogen-bond donors (Lipinski definition) is 1. The predicted octanol–water partition coefficient (Wildman–Crippen LogP) is 3.13. The van der Waals surface area contributed by atoms with E-state index in [2.05, 4.69) is 38.1 Å². The zero-order valence-electron chi connectivity index (χ0n) is 11.9. The van der Waals surface area contributed by atoms with E-state index in [9.17, 15) is 13.2 Å². The summed E-state index contributed by atoms with van der Waals surface area (Å²) >= 11 is 3.08. The summed E-state index contributed by atoms with van der Waals surface area (Å²) in [5.74, 6) is 0. The quantitative estimate of drug-likeness (QED) is 0.884. The highest BCUT2D eigenvalue weighted by atomic mass is 79.9. The van der Waals surface area contributed by atoms with E-state index in [0.29, 0.717) is 11.0 Å². The van der Waals surface area contributed by atoms with Crippen molar-refractivity contribution < 1.29 is 13.2 Å². The molecule has 1 heterocycles. The van der Waals surface area contributed by atoms with Crippen LogP contribution in [0.5, 0.6) is 0 Å². The average molecular weight is 366 g/mol. The van der Waals surface area contributed by atoms with E-state index in [1.165, 1.54) is 6.07 Å². The Hall–Kier alpha value is -0.790. The minimum atomic E-state index is -4.35. The molecule has 1 fully saturated rings. The van der Waals surface area contributed by atoms with E-state index < -0.39 is 11.7 Å². The third kappa shape index (κ3) is 4.86. The fourth-order valence-electron chi connectivity index (χ4n) is 2.33. The fraction of sp³-hybridized carbons (Fsp3) is 0.571. The number of hydrogen-bond acceptors (Lipinski definition) is 3. The SMILES string of the molecule is CN1CCN(CCNc2ccc(Br)cc2C(F)(F)F)CC1. The number of nitrogens with one attached hydrogen (secondary N) is 1. The van der Waals surface area contributed by atoms with Crippen molar-refractivity contribution in [2.24, 2.45) is 0 Å². The van der Waals surface area contributed by atoms with Crippen molar-refractivity contribution in [2.45, 2.75) is 6.18 Å². The van der Waals surface area contributed by atoms with Gasteiger partial charge in [0.2, 0.25) is 0 Å². The van der Waals surface area contributed by atoms with Gasteiger partial charge in [-0.15, -0.1) is 0 Å². The second-order valence-electron chi connectivity index (χ2n) is 5.26. The van der Waals surface area contributed by atoms with Gasteiger partial charge < -0.3 is 10.2 Å². The van der Waals surface area contributed by atoms with Crippen LogP contribution in [-0.2, 0) is 6.18 Å². The molecule has 0 aromatic heterocycles. The Bertz CT molecular complexity index is 471. The van der Waals surface area contributed by atoms with E-state index in [-0.39, 0.29) is 5.69 Å². The highest BCUT2D eigenvalue weighted by Gasteiger charge is 2.33. The first kappa shape index (κ1) is 16.6. The molecule has 0 atom stereocenters. The van der Waals surface area contributed by atoms with E-state index in [1.54, 1.807) is 6.07 Å². The summed E-state index contributed by atoms with van der Waals surface area (Å²) in [6.07, 6.45) is -4.35. The molecule has 0 saturated carbocycles. The maximum atomic E-state index is 13.0. The van der Waals surface area contributed by atoms with Gasteiger partial charge in [-0.2, -0.15) is 13.2 Å². The Labute approximate surface area is 131 Å². The van der Waals surface area contributed by atoms with Crippen LogP contribution < -0.4 is 5.32 Å². The molecule has 1 aromatic carbocycles. The lowest BCUT2D eigenvalue weighted by atomic mass is 10.1. The molecule has 0 spiro atoms. The zero-order valence-corrected chi connectivity index (χ0v) is 13.5. The first-order chi connectivity index (χ1) is 9.86. The van der Waals surface area contributed by atoms with Gasteiger partial charge in [-0.25, -0.2) is 0 Å². The molecule has 0 aliphatic carbocycles. The Morgan fingerprint density at radius 3 is 2.48 bits per heavy atom. The topological polar surface area (TPSA) is 18.5 Å². The van der Waals surface area contributed by atoms with Crippen molar-refractivity contribution >= 4 is 21.6 Å². The van der Waals surface area contributed by atoms with Crippen LogP contribution in [-0.4, -0.2) is 56.1 Å². The largest absolute Gasteiger partial charge is 0.418 e. The predicted molar refractivity (Wildman–Crippen MR) is 81.6 cm³/mol. The van der Waals surface area contributed by atoms with Gasteiger partial charge in [-0.3, -0.25) is 4.90 Å². The lowest BCUT2D eigenvalue weighted by Gasteiger charge is -2.32. The number of anilines is 1. The summed E-state index contributed by atoms with van der Waals surface area (Å²) in [7, 11) is 2.08. The van der Waals surface area contributed by atoms with Gasteiger partial charge in [0, 0.05) is 49.4 Å². The van der Waals surface area contributed by atoms with Crippen molar-refractivity contribution in [1.29, 1.82) is 0 Å². The highest BCUT2D eigenvalue weighted by molar-refractivity contribution is 9.10. The van der Waals surface area contributed by atoms with E-state index in [0.717, 1.165) is 38.8 Å². The normalized spacial score (nSPS) is 18.0. The third-order valence-electron chi connectivity index (χ3n) is 3.63. The minimum Gasteiger partial charge on any atom is -0.383 e. The first-order valence-corrected chi connectivity index (χ1v) is 7.67. The number of halogens is 4. The van der Waals surface area contributed by atoms with Crippen LogP contribution in [0.4, 0.5) is 18.9 Å². The number of benzene rings is 1. The molecule has 0 bridgehead atoms. The monoisotopic (exact) mass is 365 g/mol. The van der Waals surface area contributed by atoms with Crippen LogP contribution in [0, 0.1) is 0 Å². The average Bonchev–Trinajstić information content (AvgIpc) is 2.41. The molecular weight excluding hydrogens is 347 g/mol. The van der Waals surface area contributed by atoms with E-state index in [4.69, 9.17) is 0 Å². The van der Waals surface area contributed by atoms with Crippen LogP contribution in [0.2, 0.25) is 0 Å². The van der Waals surface area contributed by atoms with Gasteiger partial charge in [0.1, 0.15) is 0 Å². The van der Waals surface area contributed by atoms with Crippen molar-refractivity contribution in [3.8, 4) is 0 Å². The molecule has 0 unspecified atom stereocenters. The van der Waals surface area contributed by atoms with Crippen molar-refractivity contribution in [2.75, 3.05) is 51.6 Å². The van der Waals surface area contributed by atoms with Crippen LogP contribution in [0.15, 0.2) is 22.7 Å². The second kappa shape index (κ2) is 6.98. The fourth-order valence-corrected chi connectivity index (χ4v) is 2.69. The number of alkyl halides is 3. The minimum absolute atomic E-state index is 0.139. The smallest absolute Gasteiger partial charge is 0.383 e. The van der Waals surface area contributed by atoms with Crippen molar-refractivity contribution in [3.05, 3.63) is 28.2 Å². The van der Waals surface area contributed by atoms with Crippen LogP contribution >= 0.6 is 15.9 Å². The van der Waals surface area contributed by atoms with Crippen LogP contribution in [0.25, 0.3) is 0 Å². The Balaban J connectivity index is 1.91. The molecule has 7 heteroatoms. The zero-order chi connectivity index (χ0) is 15.5. The van der Waals surface area contributed by atoms with Gasteiger partial charge in [0.15, 0.2) is 0 Å². The standard InChI is InChI=1S/C14H19BrF3N3/c1-20-6-8-21(9-7-20)5-4-19-13-3-2-11(15)10-12(13)14(16,17)18/h2-3,10,19H,4-9H2,1H3. The van der Waals surface area contributed by atoms with E-state index in [1.807, 2.05) is 0 Å². The molecule has 1 aliphatic rings. The number of likely N-dealkylation sites (N-methyl/N-ethyl adjacent to an activating group) is 1. The number of nitrogens with zero attached hydrogens (tertiary/aromatic N) is 2. The first-order valence-electron chi connectivity index (χ1n) is 6.88. The van der Waals surface area contributed by atoms with Crippen LogP contribution in [0.1, 0.15) is 5.56 Å². The molecule has 118 valence electrons. The van der Waals surface area contributed by atoms with Gasteiger partial charge in [-0.05, 0) is 25.2 Å². The molecule has 1 saturated heterocycles. The molecular formula is C14H19BrF3N3. The molecule has 1 N–H and O–H groups in total. The van der Waals surface area contributed by atoms with Crippen molar-refractivity contribution in [1.82, 2.24) is 9.80 Å². The number of rotatable bonds is 4. The maximum Gasteiger partial charge on any atom is 0.418 e. The lowest BCUT2D eigenvalue weighted by Crippen LogP contribution is -2.45. The highest BCUT2D eigenvalue weighted by Crippen LogP contribution is 2.36. The van der Waals surface area contributed by atoms with Crippen LogP contribution in [0.3, 0.4) is 0 Å². The molecule has 3 nitrogen and oxygen atoms in total. The molecule has 2 rings (SSSR count). The summed E-state index contributed by atoms with van der Waals surface area (Å²) < 4.78 is 39.4.